The molecule has 0 radical (unpaired) electrons. The van der Waals surface area contributed by atoms with Crippen LogP contribution in [0.2, 0.25) is 0 Å². The highest BCUT2D eigenvalue weighted by molar-refractivity contribution is 7.89. The number of fused-ring (bicyclic) bond motifs is 1. The van der Waals surface area contributed by atoms with E-state index in [9.17, 15) is 18.0 Å². The van der Waals surface area contributed by atoms with Gasteiger partial charge in [-0.05, 0) is 37.1 Å². The number of nitrogens with one attached hydrogen (secondary N) is 2. The van der Waals surface area contributed by atoms with Crippen LogP contribution in [0.5, 0.6) is 11.5 Å². The minimum atomic E-state index is -3.78. The molecule has 34 heavy (non-hydrogen) atoms. The fourth-order valence-electron chi connectivity index (χ4n) is 3.98. The summed E-state index contributed by atoms with van der Waals surface area (Å²) >= 11 is 0. The lowest BCUT2D eigenvalue weighted by molar-refractivity contribution is -0.132. The van der Waals surface area contributed by atoms with Gasteiger partial charge in [-0.2, -0.15) is 0 Å². The van der Waals surface area contributed by atoms with Gasteiger partial charge in [0.2, 0.25) is 15.9 Å². The number of hydrogen-bond donors (Lipinski definition) is 2. The number of nitrogens with zero attached hydrogens (tertiary/aromatic N) is 1. The third kappa shape index (κ3) is 6.06. The van der Waals surface area contributed by atoms with Crippen LogP contribution < -0.4 is 19.5 Å². The number of rotatable bonds is 7. The highest BCUT2D eigenvalue weighted by Crippen LogP contribution is 2.31. The molecule has 2 heterocycles. The molecule has 2 N–H and O–H groups in total. The lowest BCUT2D eigenvalue weighted by atomic mass is 10.0. The first kappa shape index (κ1) is 24.0. The largest absolute Gasteiger partial charge is 0.490 e. The zero-order chi connectivity index (χ0) is 24.0. The van der Waals surface area contributed by atoms with Crippen LogP contribution in [0.1, 0.15) is 36.0 Å². The molecule has 0 saturated carbocycles. The van der Waals surface area contributed by atoms with E-state index in [1.54, 1.807) is 23.1 Å². The zero-order valence-electron chi connectivity index (χ0n) is 18.9. The lowest BCUT2D eigenvalue weighted by Gasteiger charge is -2.32. The zero-order valence-corrected chi connectivity index (χ0v) is 19.7. The predicted octanol–water partition coefficient (Wildman–Crippen LogP) is 1.94. The highest BCUT2D eigenvalue weighted by Gasteiger charge is 2.25. The van der Waals surface area contributed by atoms with Gasteiger partial charge in [-0.25, -0.2) is 13.1 Å². The molecule has 2 aliphatic heterocycles. The average Bonchev–Trinajstić information content (AvgIpc) is 3.10. The number of hydrogen-bond acceptors (Lipinski definition) is 6. The second-order valence-electron chi connectivity index (χ2n) is 8.30. The van der Waals surface area contributed by atoms with Crippen LogP contribution in [0.4, 0.5) is 0 Å². The Labute approximate surface area is 199 Å². The molecule has 182 valence electrons. The molecule has 2 aliphatic rings. The van der Waals surface area contributed by atoms with Crippen molar-refractivity contribution in [2.75, 3.05) is 32.8 Å². The van der Waals surface area contributed by atoms with Gasteiger partial charge in [0.25, 0.3) is 5.91 Å². The number of piperidine rings is 1. The number of benzene rings is 2. The molecule has 1 saturated heterocycles. The Bertz CT molecular complexity index is 1110. The standard InChI is InChI=1S/C24H29N3O6S/c28-23(27-13-10-19(11-14-27)26-24(29)18-5-2-1-3-6-18)9-12-25-34(30,31)20-7-8-21-22(17-20)33-16-4-15-32-21/h1-3,5-8,17,19,25H,4,9-16H2,(H,26,29). The number of likely N-dealkylation sites (tertiary alicyclic amines) is 1. The maximum absolute atomic E-state index is 12.7. The highest BCUT2D eigenvalue weighted by atomic mass is 32.2. The monoisotopic (exact) mass is 487 g/mol. The summed E-state index contributed by atoms with van der Waals surface area (Å²) in [5, 5.41) is 3.01. The molecule has 0 bridgehead atoms. The van der Waals surface area contributed by atoms with E-state index in [-0.39, 0.29) is 35.7 Å². The van der Waals surface area contributed by atoms with Gasteiger partial charge in [0.05, 0.1) is 18.1 Å². The fourth-order valence-corrected chi connectivity index (χ4v) is 5.02. The summed E-state index contributed by atoms with van der Waals surface area (Å²) < 4.78 is 38.9. The third-order valence-corrected chi connectivity index (χ3v) is 7.34. The lowest BCUT2D eigenvalue weighted by Crippen LogP contribution is -2.47. The van der Waals surface area contributed by atoms with Crippen LogP contribution in [-0.2, 0) is 14.8 Å². The Kier molecular flexibility index (Phi) is 7.69. The van der Waals surface area contributed by atoms with Crippen LogP contribution in [-0.4, -0.2) is 64.0 Å². The van der Waals surface area contributed by atoms with Crippen LogP contribution in [0.15, 0.2) is 53.4 Å². The van der Waals surface area contributed by atoms with Crippen molar-refractivity contribution in [2.24, 2.45) is 0 Å². The summed E-state index contributed by atoms with van der Waals surface area (Å²) in [4.78, 5) is 26.7. The molecule has 9 nitrogen and oxygen atoms in total. The van der Waals surface area contributed by atoms with Gasteiger partial charge < -0.3 is 19.7 Å². The Morgan fingerprint density at radius 2 is 1.68 bits per heavy atom. The summed E-state index contributed by atoms with van der Waals surface area (Å²) in [6.07, 6.45) is 2.11. The number of sulfonamides is 1. The molecule has 1 fully saturated rings. The first-order valence-electron chi connectivity index (χ1n) is 11.5. The van der Waals surface area contributed by atoms with E-state index >= 15 is 0 Å². The fraction of sp³-hybridized carbons (Fsp3) is 0.417. The molecule has 2 aromatic rings. The summed E-state index contributed by atoms with van der Waals surface area (Å²) in [6.45, 7) is 2.03. The van der Waals surface area contributed by atoms with Gasteiger partial charge in [-0.1, -0.05) is 18.2 Å². The first-order chi connectivity index (χ1) is 16.4. The number of ether oxygens (including phenoxy) is 2. The van der Waals surface area contributed by atoms with E-state index in [1.165, 1.54) is 12.1 Å². The van der Waals surface area contributed by atoms with Crippen molar-refractivity contribution in [2.45, 2.75) is 36.6 Å². The number of carbonyl (C=O) groups excluding carboxylic acids is 2. The third-order valence-electron chi connectivity index (χ3n) is 5.88. The van der Waals surface area contributed by atoms with Gasteiger partial charge in [0.1, 0.15) is 0 Å². The van der Waals surface area contributed by atoms with E-state index < -0.39 is 10.0 Å². The topological polar surface area (TPSA) is 114 Å². The molecule has 0 aliphatic carbocycles. The maximum Gasteiger partial charge on any atom is 0.251 e. The maximum atomic E-state index is 12.7. The first-order valence-corrected chi connectivity index (χ1v) is 12.9. The van der Waals surface area contributed by atoms with Crippen molar-refractivity contribution < 1.29 is 27.5 Å². The quantitative estimate of drug-likeness (QED) is 0.617. The average molecular weight is 488 g/mol. The van der Waals surface area contributed by atoms with E-state index in [4.69, 9.17) is 9.47 Å². The van der Waals surface area contributed by atoms with Gasteiger partial charge in [0.15, 0.2) is 11.5 Å². The Morgan fingerprint density at radius 1 is 0.971 bits per heavy atom. The molecule has 0 spiro atoms. The molecule has 2 aromatic carbocycles. The molecule has 0 unspecified atom stereocenters. The minimum absolute atomic E-state index is 0.000278. The summed E-state index contributed by atoms with van der Waals surface area (Å²) in [5.41, 5.74) is 0.613. The van der Waals surface area contributed by atoms with Crippen molar-refractivity contribution in [1.82, 2.24) is 14.9 Å². The van der Waals surface area contributed by atoms with Crippen LogP contribution >= 0.6 is 0 Å². The van der Waals surface area contributed by atoms with Gasteiger partial charge in [-0.3, -0.25) is 9.59 Å². The SMILES string of the molecule is O=C(NC1CCN(C(=O)CCNS(=O)(=O)c2ccc3c(c2)OCCCO3)CC1)c1ccccc1. The van der Waals surface area contributed by atoms with Gasteiger partial charge >= 0.3 is 0 Å². The van der Waals surface area contributed by atoms with Gasteiger partial charge in [-0.15, -0.1) is 0 Å². The normalized spacial score (nSPS) is 16.5. The van der Waals surface area contributed by atoms with E-state index in [2.05, 4.69) is 10.0 Å². The van der Waals surface area contributed by atoms with E-state index in [0.717, 1.165) is 6.42 Å². The smallest absolute Gasteiger partial charge is 0.251 e. The molecular weight excluding hydrogens is 458 g/mol. The Hall–Kier alpha value is -3.11. The molecule has 0 atom stereocenters. The van der Waals surface area contributed by atoms with Crippen LogP contribution in [0.25, 0.3) is 0 Å². The second-order valence-corrected chi connectivity index (χ2v) is 10.1. The van der Waals surface area contributed by atoms with Gasteiger partial charge in [0, 0.05) is 50.1 Å². The van der Waals surface area contributed by atoms with E-state index in [1.807, 2.05) is 18.2 Å². The second kappa shape index (κ2) is 10.9. The minimum Gasteiger partial charge on any atom is -0.490 e. The van der Waals surface area contributed by atoms with Crippen LogP contribution in [0, 0.1) is 0 Å². The number of carbonyl (C=O) groups is 2. The van der Waals surface area contributed by atoms with E-state index in [0.29, 0.717) is 56.2 Å². The Balaban J connectivity index is 1.22. The summed E-state index contributed by atoms with van der Waals surface area (Å²) in [7, 11) is -3.78. The molecule has 10 heteroatoms. The predicted molar refractivity (Wildman–Crippen MR) is 125 cm³/mol. The van der Waals surface area contributed by atoms with Crippen LogP contribution in [0.3, 0.4) is 0 Å². The number of amides is 2. The molecular formula is C24H29N3O6S. The summed E-state index contributed by atoms with van der Waals surface area (Å²) in [6, 6.07) is 13.5. The van der Waals surface area contributed by atoms with Crippen molar-refractivity contribution in [3.63, 3.8) is 0 Å². The van der Waals surface area contributed by atoms with Crippen molar-refractivity contribution in [3.8, 4) is 11.5 Å². The van der Waals surface area contributed by atoms with Crippen molar-refractivity contribution >= 4 is 21.8 Å². The molecule has 2 amide bonds. The molecule has 4 rings (SSSR count). The Morgan fingerprint density at radius 3 is 2.41 bits per heavy atom. The summed E-state index contributed by atoms with van der Waals surface area (Å²) in [5.74, 6) is 0.692. The van der Waals surface area contributed by atoms with Crippen molar-refractivity contribution in [1.29, 1.82) is 0 Å². The molecule has 0 aromatic heterocycles. The van der Waals surface area contributed by atoms with Crippen molar-refractivity contribution in [3.05, 3.63) is 54.1 Å².